The van der Waals surface area contributed by atoms with E-state index in [1.54, 1.807) is 6.20 Å². The number of amides is 4. The third-order valence-corrected chi connectivity index (χ3v) is 14.3. The normalized spacial score (nSPS) is 20.0. The molecule has 59 heavy (non-hydrogen) atoms. The van der Waals surface area contributed by atoms with Crippen LogP contribution in [-0.2, 0) is 19.1 Å². The van der Waals surface area contributed by atoms with Gasteiger partial charge in [-0.15, -0.1) is 0 Å². The molecule has 0 aliphatic carbocycles. The number of carbonyl (C=O) groups excluding carboxylic acids is 4. The Balaban J connectivity index is 1.10. The highest BCUT2D eigenvalue weighted by Gasteiger charge is 2.46. The summed E-state index contributed by atoms with van der Waals surface area (Å²) in [4.78, 5) is 71.5. The largest absolute Gasteiger partial charge is 0.453 e. The number of fused-ring (bicyclic) bond motifs is 3. The van der Waals surface area contributed by atoms with Crippen LogP contribution in [0.5, 0.6) is 0 Å². The molecule has 7 rings (SSSR count). The van der Waals surface area contributed by atoms with Gasteiger partial charge in [-0.25, -0.2) is 23.9 Å². The molecule has 2 fully saturated rings. The van der Waals surface area contributed by atoms with Crippen LogP contribution >= 0.6 is 0 Å². The molecule has 0 bridgehead atoms. The summed E-state index contributed by atoms with van der Waals surface area (Å²) in [7, 11) is 0.739. The fourth-order valence-corrected chi connectivity index (χ4v) is 11.3. The molecule has 0 radical (unpaired) electrons. The van der Waals surface area contributed by atoms with Gasteiger partial charge in [0.15, 0.2) is 0 Å². The Morgan fingerprint density at radius 1 is 0.797 bits per heavy atom. The number of ether oxygens (including phenoxy) is 2. The summed E-state index contributed by atoms with van der Waals surface area (Å²) in [6.45, 7) is 11.9. The number of nitrogens with zero attached hydrogens (tertiary/aromatic N) is 4. The lowest BCUT2D eigenvalue weighted by Gasteiger charge is -2.30. The van der Waals surface area contributed by atoms with E-state index in [0.717, 1.165) is 56.1 Å². The lowest BCUT2D eigenvalue weighted by molar-refractivity contribution is -0.136. The molecule has 2 aromatic heterocycles. The van der Waals surface area contributed by atoms with Crippen LogP contribution in [-0.4, -0.2) is 107 Å². The van der Waals surface area contributed by atoms with Crippen LogP contribution in [0.2, 0.25) is 19.1 Å². The molecule has 5 atom stereocenters. The topological polar surface area (TPSA) is 175 Å². The van der Waals surface area contributed by atoms with Crippen molar-refractivity contribution < 1.29 is 33.0 Å². The van der Waals surface area contributed by atoms with Crippen molar-refractivity contribution in [2.75, 3.05) is 26.9 Å². The average molecular weight is 825 g/mol. The molecule has 14 nitrogen and oxygen atoms in total. The number of likely N-dealkylation sites (tertiary alicyclic amines) is 1. The maximum absolute atomic E-state index is 14.8. The Morgan fingerprint density at radius 2 is 1.41 bits per heavy atom. The number of aromatic amines is 2. The summed E-state index contributed by atoms with van der Waals surface area (Å²) in [6, 6.07) is 16.9. The molecular formula is C43H53FN8O6Si. The molecule has 4 amide bonds. The Kier molecular flexibility index (Phi) is 11.6. The number of methoxy groups -OCH3 is 2. The summed E-state index contributed by atoms with van der Waals surface area (Å²) < 4.78 is 24.3. The van der Waals surface area contributed by atoms with Crippen molar-refractivity contribution in [1.29, 1.82) is 0 Å². The number of hydrogen-bond donors (Lipinski definition) is 4. The van der Waals surface area contributed by atoms with E-state index in [-0.39, 0.29) is 42.7 Å². The Morgan fingerprint density at radius 3 is 2.03 bits per heavy atom. The van der Waals surface area contributed by atoms with Gasteiger partial charge in [-0.05, 0) is 52.1 Å². The van der Waals surface area contributed by atoms with E-state index in [1.165, 1.54) is 19.1 Å². The molecule has 2 saturated heterocycles. The molecule has 4 N–H and O–H groups in total. The standard InChI is InChI=1S/C43H53FN8O6Si/c1-23(2)35(49-42(55)57-5)40(53)51-20-29(44)18-33(51)38-45-19-32(47-38)26-11-9-25(10-12-26)27-13-15-30-28(17-27)14-16-31-37(30)48-39(46-31)34-21-59(7,8)22-52(34)41(54)36(24(3)4)50-43(56)58-6/h9-17,19,23-24,29,33-36H,18,20-22H2,1-8H3,(H,45,47)(H,46,48)(H,49,55)(H,50,56)/t29-,33+,34+,35+,36+/m1/s1. The van der Waals surface area contributed by atoms with Crippen LogP contribution in [0.15, 0.2) is 60.8 Å². The fraction of sp³-hybridized carbons (Fsp3) is 0.442. The van der Waals surface area contributed by atoms with E-state index in [9.17, 15) is 23.6 Å². The maximum atomic E-state index is 14.8. The number of benzene rings is 3. The first-order valence-corrected chi connectivity index (χ1v) is 23.5. The SMILES string of the molecule is COC(=O)N[C@H](C(=O)N1C[C@H](F)C[C@H]1c1ncc(-c2ccc(-c3ccc4c(ccc5nc([C@@H]6C[Si](C)(C)CN6C(=O)[C@@H](NC(=O)OC)C(C)C)[nH]c54)c3)cc2)[nH]1)C(C)C. The molecule has 0 spiro atoms. The number of imidazole rings is 2. The van der Waals surface area contributed by atoms with Gasteiger partial charge in [0, 0.05) is 18.0 Å². The third-order valence-electron chi connectivity index (χ3n) is 11.6. The molecular weight excluding hydrogens is 772 g/mol. The summed E-state index contributed by atoms with van der Waals surface area (Å²) in [5, 5.41) is 7.39. The van der Waals surface area contributed by atoms with E-state index < -0.39 is 44.6 Å². The first-order chi connectivity index (χ1) is 28.1. The average Bonchev–Trinajstić information content (AvgIpc) is 4.02. The first kappa shape index (κ1) is 41.4. The minimum Gasteiger partial charge on any atom is -0.453 e. The Hall–Kier alpha value is -5.77. The van der Waals surface area contributed by atoms with E-state index in [0.29, 0.717) is 12.0 Å². The van der Waals surface area contributed by atoms with Crippen molar-refractivity contribution in [1.82, 2.24) is 40.4 Å². The van der Waals surface area contributed by atoms with Crippen LogP contribution in [0.3, 0.4) is 0 Å². The van der Waals surface area contributed by atoms with E-state index >= 15 is 0 Å². The van der Waals surface area contributed by atoms with Crippen molar-refractivity contribution in [3.63, 3.8) is 0 Å². The highest BCUT2D eigenvalue weighted by atomic mass is 28.3. The number of H-pyrrole nitrogens is 2. The minimum atomic E-state index is -1.79. The van der Waals surface area contributed by atoms with Crippen molar-refractivity contribution in [2.45, 2.75) is 83.6 Å². The predicted octanol–water partition coefficient (Wildman–Crippen LogP) is 7.28. The quantitative estimate of drug-likeness (QED) is 0.106. The summed E-state index contributed by atoms with van der Waals surface area (Å²) in [5.41, 5.74) is 5.38. The van der Waals surface area contributed by atoms with Crippen LogP contribution in [0.1, 0.15) is 57.8 Å². The highest BCUT2D eigenvalue weighted by Crippen LogP contribution is 2.40. The number of nitrogens with one attached hydrogen (secondary N) is 4. The molecule has 3 aromatic carbocycles. The second kappa shape index (κ2) is 16.5. The van der Waals surface area contributed by atoms with Gasteiger partial charge in [-0.3, -0.25) is 9.59 Å². The molecule has 5 aromatic rings. The van der Waals surface area contributed by atoms with Crippen LogP contribution in [0.25, 0.3) is 44.2 Å². The van der Waals surface area contributed by atoms with Crippen molar-refractivity contribution in [2.24, 2.45) is 11.8 Å². The van der Waals surface area contributed by atoms with Gasteiger partial charge in [0.25, 0.3) is 0 Å². The second-order valence-corrected chi connectivity index (χ2v) is 22.2. The smallest absolute Gasteiger partial charge is 0.407 e. The second-order valence-electron chi connectivity index (χ2n) is 17.2. The number of rotatable bonds is 10. The Labute approximate surface area is 343 Å². The maximum Gasteiger partial charge on any atom is 0.407 e. The van der Waals surface area contributed by atoms with E-state index in [2.05, 4.69) is 62.9 Å². The first-order valence-electron chi connectivity index (χ1n) is 20.1. The van der Waals surface area contributed by atoms with Crippen molar-refractivity contribution in [3.8, 4) is 22.4 Å². The lowest BCUT2D eigenvalue weighted by Crippen LogP contribution is -2.52. The van der Waals surface area contributed by atoms with Crippen LogP contribution in [0.4, 0.5) is 14.0 Å². The lowest BCUT2D eigenvalue weighted by atomic mass is 9.99. The zero-order valence-corrected chi connectivity index (χ0v) is 35.8. The summed E-state index contributed by atoms with van der Waals surface area (Å²) in [5.74, 6) is 0.346. The molecule has 0 unspecified atom stereocenters. The number of alkyl halides is 1. The highest BCUT2D eigenvalue weighted by molar-refractivity contribution is 6.78. The molecule has 4 heterocycles. The van der Waals surface area contributed by atoms with E-state index in [1.807, 2.05) is 62.9 Å². The summed E-state index contributed by atoms with van der Waals surface area (Å²) in [6.07, 6.45) is -0.115. The molecule has 0 saturated carbocycles. The van der Waals surface area contributed by atoms with E-state index in [4.69, 9.17) is 14.5 Å². The van der Waals surface area contributed by atoms with Gasteiger partial charge in [0.1, 0.15) is 29.9 Å². The monoisotopic (exact) mass is 824 g/mol. The number of halogens is 1. The van der Waals surface area contributed by atoms with Gasteiger partial charge < -0.3 is 39.9 Å². The number of alkyl carbamates (subject to hydrolysis) is 2. The van der Waals surface area contributed by atoms with Gasteiger partial charge in [-0.2, -0.15) is 0 Å². The molecule has 16 heteroatoms. The fourth-order valence-electron chi connectivity index (χ4n) is 8.45. The Bertz CT molecular complexity index is 2380. The van der Waals surface area contributed by atoms with Gasteiger partial charge >= 0.3 is 12.2 Å². The number of hydrogen-bond acceptors (Lipinski definition) is 8. The molecule has 2 aliphatic rings. The van der Waals surface area contributed by atoms with Crippen LogP contribution in [0, 0.1) is 11.8 Å². The van der Waals surface area contributed by atoms with Crippen LogP contribution < -0.4 is 10.6 Å². The predicted molar refractivity (Wildman–Crippen MR) is 226 cm³/mol. The van der Waals surface area contributed by atoms with Crippen molar-refractivity contribution >= 4 is 53.9 Å². The molecule has 312 valence electrons. The van der Waals surface area contributed by atoms with Gasteiger partial charge in [-0.1, -0.05) is 83.3 Å². The number of carbonyl (C=O) groups is 4. The van der Waals surface area contributed by atoms with Gasteiger partial charge in [0.05, 0.1) is 63.8 Å². The number of aromatic nitrogens is 4. The zero-order chi connectivity index (χ0) is 42.3. The third kappa shape index (κ3) is 8.40. The van der Waals surface area contributed by atoms with Gasteiger partial charge in [0.2, 0.25) is 11.8 Å². The summed E-state index contributed by atoms with van der Waals surface area (Å²) >= 11 is 0. The zero-order valence-electron chi connectivity index (χ0n) is 34.8. The molecule has 2 aliphatic heterocycles. The van der Waals surface area contributed by atoms with Crippen molar-refractivity contribution in [3.05, 3.63) is 72.4 Å². The minimum absolute atomic E-state index is 0.0878.